The van der Waals surface area contributed by atoms with Gasteiger partial charge >= 0.3 is 6.03 Å². The summed E-state index contributed by atoms with van der Waals surface area (Å²) in [6, 6.07) is 9.66. The van der Waals surface area contributed by atoms with Gasteiger partial charge in [-0.2, -0.15) is 0 Å². The third-order valence-corrected chi connectivity index (χ3v) is 5.55. The van der Waals surface area contributed by atoms with Crippen LogP contribution < -0.4 is 10.6 Å². The van der Waals surface area contributed by atoms with Crippen molar-refractivity contribution >= 4 is 6.03 Å². The first kappa shape index (κ1) is 19.1. The normalized spacial score (nSPS) is 21.2. The molecule has 26 heavy (non-hydrogen) atoms. The molecule has 144 valence electrons. The first-order valence-corrected chi connectivity index (χ1v) is 9.69. The number of urea groups is 1. The van der Waals surface area contributed by atoms with Gasteiger partial charge in [0.1, 0.15) is 0 Å². The van der Waals surface area contributed by atoms with E-state index in [4.69, 9.17) is 0 Å². The number of rotatable bonds is 8. The Hall–Kier alpha value is -1.63. The molecule has 0 spiro atoms. The molecule has 3 N–H and O–H groups in total. The lowest BCUT2D eigenvalue weighted by Gasteiger charge is -2.34. The molecule has 1 atom stereocenters. The van der Waals surface area contributed by atoms with Crippen molar-refractivity contribution in [2.45, 2.75) is 25.4 Å². The molecule has 0 unspecified atom stereocenters. The number of aliphatic hydroxyl groups is 1. The quantitative estimate of drug-likeness (QED) is 0.645. The van der Waals surface area contributed by atoms with Gasteiger partial charge in [0.25, 0.3) is 0 Å². The van der Waals surface area contributed by atoms with Crippen molar-refractivity contribution in [3.63, 3.8) is 0 Å². The van der Waals surface area contributed by atoms with Crippen molar-refractivity contribution in [2.75, 3.05) is 52.9 Å². The SMILES string of the molecule is CN1CCN(CC2(CNC(=O)NC[C@@H](O)Cc3ccccc3)CC2)CC1. The summed E-state index contributed by atoms with van der Waals surface area (Å²) in [5, 5.41) is 15.9. The molecule has 1 aromatic carbocycles. The molecule has 0 radical (unpaired) electrons. The molecule has 2 aliphatic rings. The number of aliphatic hydroxyl groups excluding tert-OH is 1. The number of benzene rings is 1. The van der Waals surface area contributed by atoms with E-state index in [0.29, 0.717) is 6.42 Å². The molecule has 6 nitrogen and oxygen atoms in total. The standard InChI is InChI=1S/C20H32N4O2/c1-23-9-11-24(12-10-23)16-20(7-8-20)15-22-19(26)21-14-18(25)13-17-5-3-2-4-6-17/h2-6,18,25H,7-16H2,1H3,(H2,21,22,26)/t18-/m0/s1. The summed E-state index contributed by atoms with van der Waals surface area (Å²) >= 11 is 0. The average Bonchev–Trinajstić information content (AvgIpc) is 3.41. The number of carbonyl (C=O) groups excluding carboxylic acids is 1. The molecule has 1 aliphatic heterocycles. The maximum Gasteiger partial charge on any atom is 0.314 e. The number of nitrogens with zero attached hydrogens (tertiary/aromatic N) is 2. The van der Waals surface area contributed by atoms with Crippen molar-refractivity contribution in [3.05, 3.63) is 35.9 Å². The maximum atomic E-state index is 12.1. The van der Waals surface area contributed by atoms with Crippen molar-refractivity contribution in [1.82, 2.24) is 20.4 Å². The Morgan fingerprint density at radius 2 is 1.85 bits per heavy atom. The second kappa shape index (κ2) is 8.84. The summed E-state index contributed by atoms with van der Waals surface area (Å²) in [6.07, 6.45) is 2.37. The topological polar surface area (TPSA) is 67.8 Å². The van der Waals surface area contributed by atoms with Crippen LogP contribution in [0.2, 0.25) is 0 Å². The monoisotopic (exact) mass is 360 g/mol. The van der Waals surface area contributed by atoms with E-state index in [1.807, 2.05) is 30.3 Å². The van der Waals surface area contributed by atoms with Crippen LogP contribution in [-0.4, -0.2) is 79.9 Å². The Labute approximate surface area is 156 Å². The zero-order valence-corrected chi connectivity index (χ0v) is 15.8. The Balaban J connectivity index is 1.32. The molecule has 1 aliphatic carbocycles. The van der Waals surface area contributed by atoms with Crippen molar-refractivity contribution in [2.24, 2.45) is 5.41 Å². The minimum absolute atomic E-state index is 0.179. The first-order chi connectivity index (χ1) is 12.5. The van der Waals surface area contributed by atoms with Gasteiger partial charge in [-0.15, -0.1) is 0 Å². The van der Waals surface area contributed by atoms with Crippen molar-refractivity contribution in [1.29, 1.82) is 0 Å². The summed E-state index contributed by atoms with van der Waals surface area (Å²) in [7, 11) is 2.17. The fourth-order valence-electron chi connectivity index (χ4n) is 3.55. The van der Waals surface area contributed by atoms with Crippen LogP contribution in [0.4, 0.5) is 4.79 Å². The second-order valence-corrected chi connectivity index (χ2v) is 7.99. The van der Waals surface area contributed by atoms with E-state index < -0.39 is 6.10 Å². The van der Waals surface area contributed by atoms with Crippen LogP contribution in [0, 0.1) is 5.41 Å². The largest absolute Gasteiger partial charge is 0.391 e. The van der Waals surface area contributed by atoms with Gasteiger partial charge in [0.15, 0.2) is 0 Å². The molecule has 1 saturated heterocycles. The maximum absolute atomic E-state index is 12.1. The molecule has 1 saturated carbocycles. The molecular weight excluding hydrogens is 328 g/mol. The van der Waals surface area contributed by atoms with E-state index in [2.05, 4.69) is 27.5 Å². The molecule has 1 heterocycles. The zero-order chi connectivity index (χ0) is 18.4. The number of nitrogens with one attached hydrogen (secondary N) is 2. The molecule has 2 fully saturated rings. The van der Waals surface area contributed by atoms with Crippen LogP contribution in [0.15, 0.2) is 30.3 Å². The summed E-state index contributed by atoms with van der Waals surface area (Å²) in [5.74, 6) is 0. The van der Waals surface area contributed by atoms with Crippen molar-refractivity contribution < 1.29 is 9.90 Å². The van der Waals surface area contributed by atoms with Gasteiger partial charge in [-0.05, 0) is 25.5 Å². The van der Waals surface area contributed by atoms with Crippen LogP contribution in [0.3, 0.4) is 0 Å². The molecule has 0 bridgehead atoms. The molecule has 6 heteroatoms. The molecule has 3 rings (SSSR count). The third kappa shape index (κ3) is 5.97. The number of piperazine rings is 1. The molecular formula is C20H32N4O2. The van der Waals surface area contributed by atoms with E-state index in [1.165, 1.54) is 12.8 Å². The van der Waals surface area contributed by atoms with Gasteiger partial charge in [0.05, 0.1) is 6.10 Å². The fourth-order valence-corrected chi connectivity index (χ4v) is 3.55. The van der Waals surface area contributed by atoms with Gasteiger partial charge < -0.3 is 25.5 Å². The highest BCUT2D eigenvalue weighted by atomic mass is 16.3. The predicted molar refractivity (Wildman–Crippen MR) is 103 cm³/mol. The smallest absolute Gasteiger partial charge is 0.314 e. The van der Waals surface area contributed by atoms with E-state index in [9.17, 15) is 9.90 Å². The van der Waals surface area contributed by atoms with Gasteiger partial charge in [-0.1, -0.05) is 30.3 Å². The first-order valence-electron chi connectivity index (χ1n) is 9.69. The zero-order valence-electron chi connectivity index (χ0n) is 15.8. The Morgan fingerprint density at radius 3 is 2.50 bits per heavy atom. The predicted octanol–water partition coefficient (Wildman–Crippen LogP) is 0.917. The number of likely N-dealkylation sites (N-methyl/N-ethyl adjacent to an activating group) is 1. The van der Waals surface area contributed by atoms with Gasteiger partial charge in [-0.25, -0.2) is 4.79 Å². The number of hydrogen-bond acceptors (Lipinski definition) is 4. The number of amides is 2. The van der Waals surface area contributed by atoms with Crippen LogP contribution in [0.1, 0.15) is 18.4 Å². The lowest BCUT2D eigenvalue weighted by atomic mass is 10.1. The minimum Gasteiger partial charge on any atom is -0.391 e. The molecule has 1 aromatic rings. The molecule has 2 amide bonds. The Morgan fingerprint density at radius 1 is 1.15 bits per heavy atom. The highest BCUT2D eigenvalue weighted by Crippen LogP contribution is 2.45. The second-order valence-electron chi connectivity index (χ2n) is 7.99. The lowest BCUT2D eigenvalue weighted by Crippen LogP contribution is -2.49. The van der Waals surface area contributed by atoms with E-state index in [-0.39, 0.29) is 18.0 Å². The minimum atomic E-state index is -0.566. The summed E-state index contributed by atoms with van der Waals surface area (Å²) < 4.78 is 0. The van der Waals surface area contributed by atoms with Gasteiger partial charge in [-0.3, -0.25) is 0 Å². The van der Waals surface area contributed by atoms with Gasteiger partial charge in [0, 0.05) is 57.6 Å². The Kier molecular flexibility index (Phi) is 6.51. The van der Waals surface area contributed by atoms with E-state index in [0.717, 1.165) is 44.8 Å². The average molecular weight is 361 g/mol. The summed E-state index contributed by atoms with van der Waals surface area (Å²) in [6.45, 7) is 6.57. The highest BCUT2D eigenvalue weighted by molar-refractivity contribution is 5.73. The van der Waals surface area contributed by atoms with E-state index in [1.54, 1.807) is 0 Å². The van der Waals surface area contributed by atoms with Crippen LogP contribution in [0.5, 0.6) is 0 Å². The summed E-state index contributed by atoms with van der Waals surface area (Å²) in [5.41, 5.74) is 1.34. The van der Waals surface area contributed by atoms with Crippen LogP contribution in [-0.2, 0) is 6.42 Å². The summed E-state index contributed by atoms with van der Waals surface area (Å²) in [4.78, 5) is 16.9. The lowest BCUT2D eigenvalue weighted by molar-refractivity contribution is 0.129. The van der Waals surface area contributed by atoms with E-state index >= 15 is 0 Å². The van der Waals surface area contributed by atoms with Crippen LogP contribution in [0.25, 0.3) is 0 Å². The number of hydrogen-bond donors (Lipinski definition) is 3. The van der Waals surface area contributed by atoms with Crippen molar-refractivity contribution in [3.8, 4) is 0 Å². The van der Waals surface area contributed by atoms with Gasteiger partial charge in [0.2, 0.25) is 0 Å². The fraction of sp³-hybridized carbons (Fsp3) is 0.650. The molecule has 0 aromatic heterocycles. The third-order valence-electron chi connectivity index (χ3n) is 5.55. The van der Waals surface area contributed by atoms with Crippen LogP contribution >= 0.6 is 0 Å². The Bertz CT molecular complexity index is 568. The number of carbonyl (C=O) groups is 1. The highest BCUT2D eigenvalue weighted by Gasteiger charge is 2.44.